The summed E-state index contributed by atoms with van der Waals surface area (Å²) in [6.07, 6.45) is 1.17. The van der Waals surface area contributed by atoms with Crippen LogP contribution < -0.4 is 10.6 Å². The highest BCUT2D eigenvalue weighted by Crippen LogP contribution is 2.30. The quantitative estimate of drug-likeness (QED) is 0.325. The Bertz CT molecular complexity index is 1180. The molecule has 2 aromatic rings. The standard InChI is InChI=1S/C31H43N3O5/c1-10-16-34(29(37)24(17-19(2)3)32-30(38)39-31(7,8)9)27(23-14-15-25(35)22(6)18-23)28(36)33-26-20(4)12-11-13-21(26)5/h10-15,18-19,24,27,35H,1,16-17H2,2-9H3,(H,32,38)(H,33,36). The Kier molecular flexibility index (Phi) is 10.7. The summed E-state index contributed by atoms with van der Waals surface area (Å²) in [4.78, 5) is 42.2. The molecule has 2 atom stereocenters. The second-order valence-electron chi connectivity index (χ2n) is 11.3. The highest BCUT2D eigenvalue weighted by molar-refractivity contribution is 6.00. The Labute approximate surface area is 232 Å². The van der Waals surface area contributed by atoms with E-state index in [4.69, 9.17) is 4.74 Å². The number of hydrogen-bond donors (Lipinski definition) is 3. The van der Waals surface area contributed by atoms with Gasteiger partial charge in [0.2, 0.25) is 5.91 Å². The molecule has 3 N–H and O–H groups in total. The lowest BCUT2D eigenvalue weighted by molar-refractivity contribution is -0.140. The van der Waals surface area contributed by atoms with Crippen LogP contribution in [0.3, 0.4) is 0 Å². The number of carbonyl (C=O) groups excluding carboxylic acids is 3. The molecule has 0 aliphatic heterocycles. The summed E-state index contributed by atoms with van der Waals surface area (Å²) in [5.41, 5.74) is 2.77. The molecule has 8 heteroatoms. The molecule has 8 nitrogen and oxygen atoms in total. The van der Waals surface area contributed by atoms with Gasteiger partial charge in [0.1, 0.15) is 23.4 Å². The van der Waals surface area contributed by atoms with Crippen molar-refractivity contribution >= 4 is 23.6 Å². The van der Waals surface area contributed by atoms with Crippen LogP contribution in [0, 0.1) is 26.7 Å². The number of alkyl carbamates (subject to hydrolysis) is 1. The SMILES string of the molecule is C=CCN(C(=O)C(CC(C)C)NC(=O)OC(C)(C)C)C(C(=O)Nc1c(C)cccc1C)c1ccc(O)c(C)c1. The van der Waals surface area contributed by atoms with Gasteiger partial charge in [0.05, 0.1) is 0 Å². The molecule has 3 amide bonds. The molecule has 0 aliphatic rings. The predicted octanol–water partition coefficient (Wildman–Crippen LogP) is 5.95. The lowest BCUT2D eigenvalue weighted by Crippen LogP contribution is -2.52. The van der Waals surface area contributed by atoms with E-state index < -0.39 is 35.6 Å². The van der Waals surface area contributed by atoms with Gasteiger partial charge in [-0.25, -0.2) is 4.79 Å². The third-order valence-corrected chi connectivity index (χ3v) is 6.13. The molecule has 2 aromatic carbocycles. The van der Waals surface area contributed by atoms with E-state index in [1.54, 1.807) is 45.9 Å². The fourth-order valence-electron chi connectivity index (χ4n) is 4.33. The summed E-state index contributed by atoms with van der Waals surface area (Å²) in [6.45, 7) is 18.5. The number of para-hydroxylation sites is 1. The lowest BCUT2D eigenvalue weighted by atomic mass is 9.97. The number of phenolic OH excluding ortho intramolecular Hbond substituents is 1. The lowest BCUT2D eigenvalue weighted by Gasteiger charge is -2.34. The Morgan fingerprint density at radius 1 is 1.05 bits per heavy atom. The van der Waals surface area contributed by atoms with Crippen LogP contribution >= 0.6 is 0 Å². The van der Waals surface area contributed by atoms with Crippen LogP contribution in [0.1, 0.15) is 69.3 Å². The maximum Gasteiger partial charge on any atom is 0.408 e. The van der Waals surface area contributed by atoms with Gasteiger partial charge < -0.3 is 25.4 Å². The number of nitrogens with zero attached hydrogens (tertiary/aromatic N) is 1. The van der Waals surface area contributed by atoms with Crippen molar-refractivity contribution in [2.45, 2.75) is 79.5 Å². The van der Waals surface area contributed by atoms with E-state index in [-0.39, 0.29) is 18.2 Å². The molecular weight excluding hydrogens is 494 g/mol. The number of rotatable bonds is 10. The monoisotopic (exact) mass is 537 g/mol. The maximum atomic E-state index is 14.1. The molecular formula is C31H43N3O5. The average molecular weight is 538 g/mol. The molecule has 0 aliphatic carbocycles. The van der Waals surface area contributed by atoms with Gasteiger partial charge in [-0.1, -0.05) is 44.2 Å². The number of ether oxygens (including phenoxy) is 1. The molecule has 0 heterocycles. The van der Waals surface area contributed by atoms with E-state index in [1.807, 2.05) is 45.9 Å². The van der Waals surface area contributed by atoms with E-state index in [0.29, 0.717) is 23.2 Å². The molecule has 2 rings (SSSR count). The molecule has 0 bridgehead atoms. The second-order valence-corrected chi connectivity index (χ2v) is 11.3. The molecule has 0 fully saturated rings. The molecule has 0 radical (unpaired) electrons. The minimum Gasteiger partial charge on any atom is -0.508 e. The third-order valence-electron chi connectivity index (χ3n) is 6.13. The molecule has 0 spiro atoms. The second kappa shape index (κ2) is 13.3. The van der Waals surface area contributed by atoms with Gasteiger partial charge in [-0.2, -0.15) is 0 Å². The van der Waals surface area contributed by atoms with Gasteiger partial charge in [0.15, 0.2) is 0 Å². The highest BCUT2D eigenvalue weighted by atomic mass is 16.6. The van der Waals surface area contributed by atoms with Crippen LogP contribution in [-0.2, 0) is 14.3 Å². The number of phenols is 1. The number of aromatic hydroxyl groups is 1. The highest BCUT2D eigenvalue weighted by Gasteiger charge is 2.36. The minimum absolute atomic E-state index is 0.0498. The van der Waals surface area contributed by atoms with Crippen LogP contribution in [0.15, 0.2) is 49.1 Å². The number of benzene rings is 2. The van der Waals surface area contributed by atoms with Crippen molar-refractivity contribution in [3.8, 4) is 5.75 Å². The first kappa shape index (κ1) is 31.4. The van der Waals surface area contributed by atoms with Gasteiger partial charge >= 0.3 is 6.09 Å². The van der Waals surface area contributed by atoms with Crippen LogP contribution in [0.4, 0.5) is 10.5 Å². The largest absolute Gasteiger partial charge is 0.508 e. The first-order valence-electron chi connectivity index (χ1n) is 13.2. The van der Waals surface area contributed by atoms with Crippen LogP contribution in [0.25, 0.3) is 0 Å². The Balaban J connectivity index is 2.59. The zero-order chi connectivity index (χ0) is 29.5. The van der Waals surface area contributed by atoms with Crippen molar-refractivity contribution in [2.24, 2.45) is 5.92 Å². The van der Waals surface area contributed by atoms with Crippen LogP contribution in [-0.4, -0.2) is 46.1 Å². The van der Waals surface area contributed by atoms with Crippen molar-refractivity contribution < 1.29 is 24.2 Å². The topological polar surface area (TPSA) is 108 Å². The molecule has 0 saturated heterocycles. The summed E-state index contributed by atoms with van der Waals surface area (Å²) in [5, 5.41) is 15.9. The Morgan fingerprint density at radius 2 is 1.67 bits per heavy atom. The van der Waals surface area contributed by atoms with Crippen molar-refractivity contribution in [3.63, 3.8) is 0 Å². The van der Waals surface area contributed by atoms with Gasteiger partial charge in [-0.15, -0.1) is 6.58 Å². The van der Waals surface area contributed by atoms with Crippen molar-refractivity contribution in [1.82, 2.24) is 10.2 Å². The fourth-order valence-corrected chi connectivity index (χ4v) is 4.33. The normalized spacial score (nSPS) is 12.8. The summed E-state index contributed by atoms with van der Waals surface area (Å²) in [6, 6.07) is 8.53. The molecule has 0 aromatic heterocycles. The molecule has 2 unspecified atom stereocenters. The maximum absolute atomic E-state index is 14.1. The van der Waals surface area contributed by atoms with Crippen molar-refractivity contribution in [2.75, 3.05) is 11.9 Å². The van der Waals surface area contributed by atoms with E-state index in [0.717, 1.165) is 11.1 Å². The van der Waals surface area contributed by atoms with Crippen molar-refractivity contribution in [3.05, 3.63) is 71.3 Å². The third kappa shape index (κ3) is 8.87. The smallest absolute Gasteiger partial charge is 0.408 e. The van der Waals surface area contributed by atoms with Gasteiger partial charge in [-0.3, -0.25) is 9.59 Å². The molecule has 212 valence electrons. The van der Waals surface area contributed by atoms with Crippen LogP contribution in [0.5, 0.6) is 5.75 Å². The number of nitrogens with one attached hydrogen (secondary N) is 2. The van der Waals surface area contributed by atoms with E-state index >= 15 is 0 Å². The summed E-state index contributed by atoms with van der Waals surface area (Å²) < 4.78 is 5.42. The Morgan fingerprint density at radius 3 is 2.18 bits per heavy atom. The number of hydrogen-bond acceptors (Lipinski definition) is 5. The summed E-state index contributed by atoms with van der Waals surface area (Å²) in [5.74, 6) is -0.717. The number of anilines is 1. The average Bonchev–Trinajstić information content (AvgIpc) is 2.81. The zero-order valence-corrected chi connectivity index (χ0v) is 24.4. The number of aryl methyl sites for hydroxylation is 3. The van der Waals surface area contributed by atoms with Gasteiger partial charge in [0.25, 0.3) is 5.91 Å². The predicted molar refractivity (Wildman–Crippen MR) is 155 cm³/mol. The molecule has 39 heavy (non-hydrogen) atoms. The van der Waals surface area contributed by atoms with Crippen LogP contribution in [0.2, 0.25) is 0 Å². The Hall–Kier alpha value is -3.81. The number of amides is 3. The summed E-state index contributed by atoms with van der Waals surface area (Å²) in [7, 11) is 0. The van der Waals surface area contributed by atoms with E-state index in [2.05, 4.69) is 17.2 Å². The molecule has 0 saturated carbocycles. The van der Waals surface area contributed by atoms with E-state index in [1.165, 1.54) is 11.0 Å². The minimum atomic E-state index is -1.07. The van der Waals surface area contributed by atoms with Gasteiger partial charge in [0, 0.05) is 12.2 Å². The van der Waals surface area contributed by atoms with E-state index in [9.17, 15) is 19.5 Å². The first-order valence-corrected chi connectivity index (χ1v) is 13.2. The van der Waals surface area contributed by atoms with Crippen molar-refractivity contribution in [1.29, 1.82) is 0 Å². The van der Waals surface area contributed by atoms with Gasteiger partial charge in [-0.05, 0) is 88.3 Å². The zero-order valence-electron chi connectivity index (χ0n) is 24.4. The number of carbonyl (C=O) groups is 3. The summed E-state index contributed by atoms with van der Waals surface area (Å²) >= 11 is 0. The first-order chi connectivity index (χ1) is 18.1. The fraction of sp³-hybridized carbons (Fsp3) is 0.452.